The van der Waals surface area contributed by atoms with Crippen LogP contribution in [0.3, 0.4) is 0 Å². The predicted molar refractivity (Wildman–Crippen MR) is 75.4 cm³/mol. The Balaban J connectivity index is 1.99. The van der Waals surface area contributed by atoms with Gasteiger partial charge in [0.1, 0.15) is 12.4 Å². The van der Waals surface area contributed by atoms with E-state index in [-0.39, 0.29) is 0 Å². The van der Waals surface area contributed by atoms with Crippen LogP contribution in [0, 0.1) is 0 Å². The molecule has 0 unspecified atom stereocenters. The van der Waals surface area contributed by atoms with E-state index in [9.17, 15) is 0 Å². The molecule has 2 aromatic rings. The molecule has 0 saturated heterocycles. The second kappa shape index (κ2) is 5.84. The fourth-order valence-electron chi connectivity index (χ4n) is 1.30. The van der Waals surface area contributed by atoms with Gasteiger partial charge in [-0.25, -0.2) is 0 Å². The lowest BCUT2D eigenvalue weighted by Gasteiger charge is -2.05. The summed E-state index contributed by atoms with van der Waals surface area (Å²) >= 11 is 8.57. The van der Waals surface area contributed by atoms with Crippen LogP contribution in [-0.4, -0.2) is 0 Å². The maximum Gasteiger partial charge on any atom is 0.122 e. The Bertz CT molecular complexity index is 468. The van der Waals surface area contributed by atoms with E-state index in [1.54, 1.807) is 11.3 Å². The molecule has 1 aromatic carbocycles. The SMILES string of the molecule is BrCc1cccc(OCc2ccc(Br)s2)c1. The summed E-state index contributed by atoms with van der Waals surface area (Å²) in [6.45, 7) is 0.627. The van der Waals surface area contributed by atoms with E-state index in [2.05, 4.69) is 50.1 Å². The first-order valence-electron chi connectivity index (χ1n) is 4.80. The van der Waals surface area contributed by atoms with Crippen molar-refractivity contribution in [2.75, 3.05) is 0 Å². The quantitative estimate of drug-likeness (QED) is 0.697. The average Bonchev–Trinajstić information content (AvgIpc) is 2.73. The van der Waals surface area contributed by atoms with Crippen molar-refractivity contribution in [3.63, 3.8) is 0 Å². The highest BCUT2D eigenvalue weighted by Crippen LogP contribution is 2.24. The van der Waals surface area contributed by atoms with E-state index < -0.39 is 0 Å². The molecular weight excluding hydrogens is 352 g/mol. The van der Waals surface area contributed by atoms with Gasteiger partial charge in [0, 0.05) is 10.2 Å². The van der Waals surface area contributed by atoms with Gasteiger partial charge < -0.3 is 4.74 Å². The van der Waals surface area contributed by atoms with Gasteiger partial charge in [0.2, 0.25) is 0 Å². The second-order valence-corrected chi connectivity index (χ2v) is 6.38. The van der Waals surface area contributed by atoms with Gasteiger partial charge in [-0.05, 0) is 45.8 Å². The number of rotatable bonds is 4. The molecule has 0 aliphatic heterocycles. The molecule has 0 atom stereocenters. The highest BCUT2D eigenvalue weighted by atomic mass is 79.9. The van der Waals surface area contributed by atoms with Crippen molar-refractivity contribution in [1.82, 2.24) is 0 Å². The zero-order chi connectivity index (χ0) is 11.4. The molecule has 0 N–H and O–H groups in total. The van der Waals surface area contributed by atoms with E-state index in [0.717, 1.165) is 14.9 Å². The summed E-state index contributed by atoms with van der Waals surface area (Å²) in [5.74, 6) is 0.918. The molecule has 0 radical (unpaired) electrons. The lowest BCUT2D eigenvalue weighted by molar-refractivity contribution is 0.309. The van der Waals surface area contributed by atoms with Gasteiger partial charge in [-0.2, -0.15) is 0 Å². The van der Waals surface area contributed by atoms with Crippen LogP contribution in [-0.2, 0) is 11.9 Å². The summed E-state index contributed by atoms with van der Waals surface area (Å²) in [6, 6.07) is 12.2. The van der Waals surface area contributed by atoms with Crippen LogP contribution in [0.4, 0.5) is 0 Å². The summed E-state index contributed by atoms with van der Waals surface area (Å²) in [7, 11) is 0. The van der Waals surface area contributed by atoms with Gasteiger partial charge in [0.05, 0.1) is 3.79 Å². The number of ether oxygens (including phenoxy) is 1. The maximum absolute atomic E-state index is 5.72. The average molecular weight is 362 g/mol. The summed E-state index contributed by atoms with van der Waals surface area (Å²) in [5.41, 5.74) is 1.23. The molecule has 1 nitrogen and oxygen atoms in total. The fourth-order valence-corrected chi connectivity index (χ4v) is 3.05. The van der Waals surface area contributed by atoms with Crippen molar-refractivity contribution in [3.8, 4) is 5.75 Å². The summed E-state index contributed by atoms with van der Waals surface area (Å²) in [6.07, 6.45) is 0. The Labute approximate surface area is 116 Å². The molecule has 1 aromatic heterocycles. The first kappa shape index (κ1) is 12.1. The molecule has 1 heterocycles. The van der Waals surface area contributed by atoms with E-state index in [0.29, 0.717) is 6.61 Å². The number of thiophene rings is 1. The molecule has 84 valence electrons. The van der Waals surface area contributed by atoms with Crippen molar-refractivity contribution in [2.24, 2.45) is 0 Å². The van der Waals surface area contributed by atoms with Gasteiger partial charge in [-0.3, -0.25) is 0 Å². The molecule has 0 aliphatic rings. The van der Waals surface area contributed by atoms with Gasteiger partial charge in [0.15, 0.2) is 0 Å². The smallest absolute Gasteiger partial charge is 0.122 e. The van der Waals surface area contributed by atoms with Crippen molar-refractivity contribution in [3.05, 3.63) is 50.6 Å². The molecule has 0 saturated carbocycles. The van der Waals surface area contributed by atoms with Crippen LogP contribution in [0.15, 0.2) is 40.2 Å². The number of benzene rings is 1. The first-order chi connectivity index (χ1) is 7.78. The maximum atomic E-state index is 5.72. The van der Waals surface area contributed by atoms with Crippen LogP contribution >= 0.6 is 43.2 Å². The minimum atomic E-state index is 0.627. The van der Waals surface area contributed by atoms with Gasteiger partial charge >= 0.3 is 0 Å². The van der Waals surface area contributed by atoms with E-state index in [1.165, 1.54) is 10.4 Å². The van der Waals surface area contributed by atoms with Crippen LogP contribution in [0.2, 0.25) is 0 Å². The summed E-state index contributed by atoms with van der Waals surface area (Å²) < 4.78 is 6.86. The summed E-state index contributed by atoms with van der Waals surface area (Å²) in [5, 5.41) is 0.856. The zero-order valence-corrected chi connectivity index (χ0v) is 12.4. The van der Waals surface area contributed by atoms with Crippen molar-refractivity contribution in [1.29, 1.82) is 0 Å². The third-order valence-electron chi connectivity index (χ3n) is 2.06. The predicted octanol–water partition coefficient (Wildman–Crippen LogP) is 4.98. The van der Waals surface area contributed by atoms with Gasteiger partial charge in [-0.1, -0.05) is 28.1 Å². The largest absolute Gasteiger partial charge is 0.488 e. The molecule has 0 fully saturated rings. The lowest BCUT2D eigenvalue weighted by Crippen LogP contribution is -1.93. The first-order valence-corrected chi connectivity index (χ1v) is 7.53. The normalized spacial score (nSPS) is 10.4. The fraction of sp³-hybridized carbons (Fsp3) is 0.167. The Morgan fingerprint density at radius 2 is 2.06 bits per heavy atom. The monoisotopic (exact) mass is 360 g/mol. The Morgan fingerprint density at radius 1 is 1.19 bits per heavy atom. The van der Waals surface area contributed by atoms with Gasteiger partial charge in [0.25, 0.3) is 0 Å². The zero-order valence-electron chi connectivity index (χ0n) is 8.45. The molecule has 2 rings (SSSR count). The van der Waals surface area contributed by atoms with E-state index in [4.69, 9.17) is 4.74 Å². The minimum Gasteiger partial charge on any atom is -0.488 e. The van der Waals surface area contributed by atoms with Crippen LogP contribution in [0.25, 0.3) is 0 Å². The van der Waals surface area contributed by atoms with Crippen molar-refractivity contribution < 1.29 is 4.74 Å². The van der Waals surface area contributed by atoms with Crippen LogP contribution in [0.5, 0.6) is 5.75 Å². The van der Waals surface area contributed by atoms with Crippen LogP contribution in [0.1, 0.15) is 10.4 Å². The van der Waals surface area contributed by atoms with Crippen molar-refractivity contribution in [2.45, 2.75) is 11.9 Å². The number of hydrogen-bond donors (Lipinski definition) is 0. The molecule has 0 aliphatic carbocycles. The highest BCUT2D eigenvalue weighted by Gasteiger charge is 2.00. The van der Waals surface area contributed by atoms with Gasteiger partial charge in [-0.15, -0.1) is 11.3 Å². The second-order valence-electron chi connectivity index (χ2n) is 3.28. The Hall–Kier alpha value is -0.320. The highest BCUT2D eigenvalue weighted by molar-refractivity contribution is 9.11. The standard InChI is InChI=1S/C12H10Br2OS/c13-7-9-2-1-3-10(6-9)15-8-11-4-5-12(14)16-11/h1-6H,7-8H2. The number of alkyl halides is 1. The van der Waals surface area contributed by atoms with Crippen LogP contribution < -0.4 is 4.74 Å². The minimum absolute atomic E-state index is 0.627. The molecule has 0 spiro atoms. The number of halogens is 2. The molecule has 4 heteroatoms. The number of hydrogen-bond acceptors (Lipinski definition) is 2. The Kier molecular flexibility index (Phi) is 4.44. The Morgan fingerprint density at radius 3 is 2.75 bits per heavy atom. The molecular formula is C12H10Br2OS. The topological polar surface area (TPSA) is 9.23 Å². The molecule has 0 bridgehead atoms. The van der Waals surface area contributed by atoms with E-state index in [1.807, 2.05) is 18.2 Å². The third-order valence-corrected chi connectivity index (χ3v) is 4.31. The van der Waals surface area contributed by atoms with Crippen molar-refractivity contribution >= 4 is 43.2 Å². The molecule has 0 amide bonds. The molecule has 16 heavy (non-hydrogen) atoms. The third kappa shape index (κ3) is 3.34. The summed E-state index contributed by atoms with van der Waals surface area (Å²) in [4.78, 5) is 1.22. The van der Waals surface area contributed by atoms with E-state index >= 15 is 0 Å². The lowest BCUT2D eigenvalue weighted by atomic mass is 10.2.